The van der Waals surface area contributed by atoms with Crippen LogP contribution < -0.4 is 5.32 Å². The summed E-state index contributed by atoms with van der Waals surface area (Å²) in [6.45, 7) is 6.76. The quantitative estimate of drug-likeness (QED) is 0.891. The molecule has 1 aromatic rings. The Hall–Kier alpha value is -0.330. The third-order valence-electron chi connectivity index (χ3n) is 4.29. The standard InChI is InChI=1S/C15H23N3OS.2ClH/c19-15(13-3-1-5-16-11-13)18-8-6-17(7-9-18)12-14-4-2-10-20-14;;/h2,4,10,13,16H,1,3,5-9,11-12H2;2*1H. The molecule has 1 unspecified atom stereocenters. The van der Waals surface area contributed by atoms with Crippen LogP contribution in [0.15, 0.2) is 17.5 Å². The Bertz CT molecular complexity index is 430. The van der Waals surface area contributed by atoms with Gasteiger partial charge in [-0.3, -0.25) is 9.69 Å². The van der Waals surface area contributed by atoms with E-state index in [1.807, 2.05) is 11.3 Å². The number of rotatable bonds is 3. The van der Waals surface area contributed by atoms with Crippen molar-refractivity contribution in [3.63, 3.8) is 0 Å². The minimum atomic E-state index is 0. The Morgan fingerprint density at radius 3 is 2.64 bits per heavy atom. The molecule has 3 rings (SSSR count). The van der Waals surface area contributed by atoms with Gasteiger partial charge in [0.15, 0.2) is 0 Å². The van der Waals surface area contributed by atoms with Crippen LogP contribution in [-0.4, -0.2) is 55.0 Å². The second kappa shape index (κ2) is 9.73. The van der Waals surface area contributed by atoms with Crippen molar-refractivity contribution in [3.05, 3.63) is 22.4 Å². The van der Waals surface area contributed by atoms with E-state index in [1.165, 1.54) is 4.88 Å². The number of piperidine rings is 1. The molecular formula is C15H25Cl2N3OS. The summed E-state index contributed by atoms with van der Waals surface area (Å²) in [5, 5.41) is 5.47. The van der Waals surface area contributed by atoms with Crippen LogP contribution in [0.25, 0.3) is 0 Å². The zero-order chi connectivity index (χ0) is 13.8. The molecule has 2 fully saturated rings. The van der Waals surface area contributed by atoms with Gasteiger partial charge in [0.05, 0.1) is 5.92 Å². The van der Waals surface area contributed by atoms with Gasteiger partial charge in [0.1, 0.15) is 0 Å². The molecule has 2 aliphatic rings. The number of thiophene rings is 1. The molecule has 7 heteroatoms. The van der Waals surface area contributed by atoms with Crippen LogP contribution in [0.5, 0.6) is 0 Å². The maximum absolute atomic E-state index is 12.4. The van der Waals surface area contributed by atoms with Crippen LogP contribution in [0.2, 0.25) is 0 Å². The minimum absolute atomic E-state index is 0. The molecule has 0 radical (unpaired) electrons. The molecule has 22 heavy (non-hydrogen) atoms. The Kier molecular flexibility index (Phi) is 8.72. The van der Waals surface area contributed by atoms with Gasteiger partial charge in [-0.25, -0.2) is 0 Å². The third kappa shape index (κ3) is 5.10. The maximum atomic E-state index is 12.4. The number of hydrogen-bond acceptors (Lipinski definition) is 4. The highest BCUT2D eigenvalue weighted by Crippen LogP contribution is 2.17. The highest BCUT2D eigenvalue weighted by molar-refractivity contribution is 7.09. The highest BCUT2D eigenvalue weighted by atomic mass is 35.5. The van der Waals surface area contributed by atoms with Crippen LogP contribution in [0, 0.1) is 5.92 Å². The summed E-state index contributed by atoms with van der Waals surface area (Å²) in [7, 11) is 0. The minimum Gasteiger partial charge on any atom is -0.340 e. The average Bonchev–Trinajstić information content (AvgIpc) is 3.01. The smallest absolute Gasteiger partial charge is 0.227 e. The second-order valence-electron chi connectivity index (χ2n) is 5.72. The lowest BCUT2D eigenvalue weighted by atomic mass is 9.98. The van der Waals surface area contributed by atoms with Gasteiger partial charge in [0, 0.05) is 44.1 Å². The van der Waals surface area contributed by atoms with Crippen molar-refractivity contribution in [2.45, 2.75) is 19.4 Å². The van der Waals surface area contributed by atoms with Crippen molar-refractivity contribution in [3.8, 4) is 0 Å². The molecule has 0 aliphatic carbocycles. The molecule has 126 valence electrons. The first kappa shape index (κ1) is 19.7. The first-order valence-corrected chi connectivity index (χ1v) is 8.45. The van der Waals surface area contributed by atoms with Crippen molar-refractivity contribution in [1.29, 1.82) is 0 Å². The van der Waals surface area contributed by atoms with Crippen LogP contribution in [0.4, 0.5) is 0 Å². The molecule has 1 aromatic heterocycles. The molecule has 2 saturated heterocycles. The van der Waals surface area contributed by atoms with Gasteiger partial charge in [0.2, 0.25) is 5.91 Å². The number of halogens is 2. The lowest BCUT2D eigenvalue weighted by Crippen LogP contribution is -2.51. The number of hydrogen-bond donors (Lipinski definition) is 1. The van der Waals surface area contributed by atoms with Crippen LogP contribution >= 0.6 is 36.2 Å². The molecule has 1 N–H and O–H groups in total. The van der Waals surface area contributed by atoms with E-state index in [0.717, 1.165) is 58.7 Å². The number of piperazine rings is 1. The zero-order valence-electron chi connectivity index (χ0n) is 12.7. The molecular weight excluding hydrogens is 341 g/mol. The fraction of sp³-hybridized carbons (Fsp3) is 0.667. The molecule has 1 amide bonds. The van der Waals surface area contributed by atoms with Crippen molar-refractivity contribution in [2.75, 3.05) is 39.3 Å². The Labute approximate surface area is 149 Å². The predicted molar refractivity (Wildman–Crippen MR) is 96.3 cm³/mol. The zero-order valence-corrected chi connectivity index (χ0v) is 15.2. The Morgan fingerprint density at radius 1 is 1.27 bits per heavy atom. The largest absolute Gasteiger partial charge is 0.340 e. The van der Waals surface area contributed by atoms with Gasteiger partial charge in [-0.1, -0.05) is 6.07 Å². The molecule has 0 saturated carbocycles. The van der Waals surface area contributed by atoms with Gasteiger partial charge >= 0.3 is 0 Å². The fourth-order valence-corrected chi connectivity index (χ4v) is 3.82. The maximum Gasteiger partial charge on any atom is 0.227 e. The monoisotopic (exact) mass is 365 g/mol. The number of nitrogens with zero attached hydrogens (tertiary/aromatic N) is 2. The van der Waals surface area contributed by atoms with E-state index in [9.17, 15) is 4.79 Å². The predicted octanol–water partition coefficient (Wildman–Crippen LogP) is 2.24. The van der Waals surface area contributed by atoms with Gasteiger partial charge in [-0.2, -0.15) is 0 Å². The van der Waals surface area contributed by atoms with E-state index in [4.69, 9.17) is 0 Å². The second-order valence-corrected chi connectivity index (χ2v) is 6.76. The summed E-state index contributed by atoms with van der Waals surface area (Å²) < 4.78 is 0. The van der Waals surface area contributed by atoms with E-state index >= 15 is 0 Å². The number of amides is 1. The summed E-state index contributed by atoms with van der Waals surface area (Å²) in [5.74, 6) is 0.584. The topological polar surface area (TPSA) is 35.6 Å². The van der Waals surface area contributed by atoms with Crippen molar-refractivity contribution in [2.24, 2.45) is 5.92 Å². The lowest BCUT2D eigenvalue weighted by Gasteiger charge is -2.37. The fourth-order valence-electron chi connectivity index (χ4n) is 3.07. The van der Waals surface area contributed by atoms with Crippen LogP contribution in [0.1, 0.15) is 17.7 Å². The van der Waals surface area contributed by atoms with E-state index in [2.05, 4.69) is 32.6 Å². The Morgan fingerprint density at radius 2 is 2.05 bits per heavy atom. The van der Waals surface area contributed by atoms with Gasteiger partial charge < -0.3 is 10.2 Å². The summed E-state index contributed by atoms with van der Waals surface area (Å²) in [4.78, 5) is 18.4. The first-order chi connectivity index (χ1) is 9.83. The SMILES string of the molecule is Cl.Cl.O=C(C1CCCNC1)N1CCN(Cc2cccs2)CC1. The number of carbonyl (C=O) groups excluding carboxylic acids is 1. The van der Waals surface area contributed by atoms with E-state index in [0.29, 0.717) is 5.91 Å². The van der Waals surface area contributed by atoms with Gasteiger partial charge in [-0.15, -0.1) is 36.2 Å². The molecule has 1 atom stereocenters. The number of nitrogens with one attached hydrogen (secondary N) is 1. The Balaban J connectivity index is 0.00000121. The van der Waals surface area contributed by atoms with Gasteiger partial charge in [-0.05, 0) is 30.8 Å². The van der Waals surface area contributed by atoms with Crippen LogP contribution in [-0.2, 0) is 11.3 Å². The van der Waals surface area contributed by atoms with E-state index < -0.39 is 0 Å². The van der Waals surface area contributed by atoms with Crippen LogP contribution in [0.3, 0.4) is 0 Å². The van der Waals surface area contributed by atoms with E-state index in [1.54, 1.807) is 0 Å². The molecule has 0 aromatic carbocycles. The summed E-state index contributed by atoms with van der Waals surface area (Å²) in [5.41, 5.74) is 0. The normalized spacial score (nSPS) is 22.5. The summed E-state index contributed by atoms with van der Waals surface area (Å²) >= 11 is 1.82. The summed E-state index contributed by atoms with van der Waals surface area (Å²) in [6, 6.07) is 4.30. The average molecular weight is 366 g/mol. The molecule has 2 aliphatic heterocycles. The molecule has 0 spiro atoms. The lowest BCUT2D eigenvalue weighted by molar-refractivity contribution is -0.137. The molecule has 0 bridgehead atoms. The van der Waals surface area contributed by atoms with Crippen molar-refractivity contribution >= 4 is 42.1 Å². The molecule has 3 heterocycles. The van der Waals surface area contributed by atoms with Crippen molar-refractivity contribution in [1.82, 2.24) is 15.1 Å². The number of carbonyl (C=O) groups is 1. The van der Waals surface area contributed by atoms with E-state index in [-0.39, 0.29) is 30.7 Å². The van der Waals surface area contributed by atoms with Gasteiger partial charge in [0.25, 0.3) is 0 Å². The van der Waals surface area contributed by atoms with Crippen molar-refractivity contribution < 1.29 is 4.79 Å². The third-order valence-corrected chi connectivity index (χ3v) is 5.15. The summed E-state index contributed by atoms with van der Waals surface area (Å²) in [6.07, 6.45) is 2.19. The highest BCUT2D eigenvalue weighted by Gasteiger charge is 2.28. The first-order valence-electron chi connectivity index (χ1n) is 7.57. The molecule has 4 nitrogen and oxygen atoms in total.